The number of amides is 1. The average Bonchev–Trinajstić information content (AvgIpc) is 3.09. The van der Waals surface area contributed by atoms with Crippen LogP contribution in [0, 0.1) is 0 Å². The molecule has 0 bridgehead atoms. The summed E-state index contributed by atoms with van der Waals surface area (Å²) in [4.78, 5) is 25.0. The number of ether oxygens (including phenoxy) is 1. The highest BCUT2D eigenvalue weighted by atomic mass is 19.3. The predicted octanol–water partition coefficient (Wildman–Crippen LogP) is 4.71. The number of pyridine rings is 3. The number of alkyl halides is 2. The van der Waals surface area contributed by atoms with Gasteiger partial charge in [-0.05, 0) is 35.9 Å². The molecule has 6 nitrogen and oxygen atoms in total. The molecule has 0 saturated carbocycles. The molecular weight excluding hydrogens is 426 g/mol. The van der Waals surface area contributed by atoms with Crippen LogP contribution in [0.15, 0.2) is 79.5 Å². The molecule has 5 heterocycles. The Morgan fingerprint density at radius 3 is 2.18 bits per heavy atom. The van der Waals surface area contributed by atoms with Gasteiger partial charge in [-0.25, -0.2) is 4.98 Å². The molecule has 1 spiro atoms. The Kier molecular flexibility index (Phi) is 4.07. The molecule has 0 aliphatic carbocycles. The lowest BCUT2D eigenvalue weighted by Crippen LogP contribution is -2.42. The first-order valence-electron chi connectivity index (χ1n) is 10.3. The van der Waals surface area contributed by atoms with E-state index in [-0.39, 0.29) is 5.88 Å². The van der Waals surface area contributed by atoms with E-state index in [1.807, 2.05) is 18.2 Å². The van der Waals surface area contributed by atoms with E-state index in [9.17, 15) is 13.6 Å². The number of aromatic nitrogens is 3. The summed E-state index contributed by atoms with van der Waals surface area (Å²) in [5.41, 5.74) is 2.38. The fraction of sp³-hybridized carbons (Fsp3) is 0.120. The summed E-state index contributed by atoms with van der Waals surface area (Å²) >= 11 is 0. The zero-order valence-electron chi connectivity index (χ0n) is 17.1. The molecule has 1 unspecified atom stereocenters. The number of nitrogens with one attached hydrogen (secondary N) is 1. The molecule has 1 fully saturated rings. The van der Waals surface area contributed by atoms with Gasteiger partial charge in [0.15, 0.2) is 0 Å². The van der Waals surface area contributed by atoms with E-state index in [0.29, 0.717) is 22.4 Å². The Morgan fingerprint density at radius 1 is 0.848 bits per heavy atom. The minimum absolute atomic E-state index is 0.183. The molecule has 1 atom stereocenters. The van der Waals surface area contributed by atoms with Gasteiger partial charge in [0.05, 0.1) is 6.42 Å². The maximum absolute atomic E-state index is 14.7. The highest BCUT2D eigenvalue weighted by molar-refractivity contribution is 5.89. The molecule has 1 saturated heterocycles. The number of benzene rings is 1. The van der Waals surface area contributed by atoms with E-state index in [1.54, 1.807) is 61.3 Å². The molecule has 8 heteroatoms. The van der Waals surface area contributed by atoms with Gasteiger partial charge in [-0.3, -0.25) is 14.8 Å². The normalized spacial score (nSPS) is 20.0. The van der Waals surface area contributed by atoms with Crippen molar-refractivity contribution in [3.63, 3.8) is 0 Å². The standard InChI is InChI=1S/C25H16F2N4O2/c26-25(27)14-24(31-23(25)32)19-9-15(16-3-1-7-28-11-16)5-6-21(19)33-22-20(24)10-18(13-30-22)17-4-2-8-29-12-17/h1-13H,14H2,(H,31,32). The maximum Gasteiger partial charge on any atom is 0.327 e. The van der Waals surface area contributed by atoms with Crippen molar-refractivity contribution in [3.05, 3.63) is 90.6 Å². The van der Waals surface area contributed by atoms with Crippen molar-refractivity contribution < 1.29 is 18.3 Å². The van der Waals surface area contributed by atoms with Crippen LogP contribution in [0.5, 0.6) is 11.6 Å². The molecule has 0 radical (unpaired) electrons. The number of nitrogens with zero attached hydrogens (tertiary/aromatic N) is 3. The Labute approximate surface area is 187 Å². The van der Waals surface area contributed by atoms with Gasteiger partial charge in [-0.15, -0.1) is 0 Å². The van der Waals surface area contributed by atoms with Crippen LogP contribution in [-0.4, -0.2) is 26.8 Å². The van der Waals surface area contributed by atoms with Gasteiger partial charge in [-0.2, -0.15) is 8.78 Å². The largest absolute Gasteiger partial charge is 0.438 e. The van der Waals surface area contributed by atoms with Gasteiger partial charge < -0.3 is 10.1 Å². The lowest BCUT2D eigenvalue weighted by molar-refractivity contribution is -0.139. The molecule has 1 aromatic carbocycles. The van der Waals surface area contributed by atoms with Gasteiger partial charge in [0, 0.05) is 58.8 Å². The fourth-order valence-corrected chi connectivity index (χ4v) is 4.51. The predicted molar refractivity (Wildman–Crippen MR) is 116 cm³/mol. The minimum atomic E-state index is -3.54. The molecular formula is C25H16F2N4O2. The first-order valence-corrected chi connectivity index (χ1v) is 10.3. The summed E-state index contributed by atoms with van der Waals surface area (Å²) in [6.07, 6.45) is 7.52. The molecule has 33 heavy (non-hydrogen) atoms. The van der Waals surface area contributed by atoms with E-state index in [2.05, 4.69) is 20.3 Å². The van der Waals surface area contributed by atoms with E-state index < -0.39 is 23.8 Å². The van der Waals surface area contributed by atoms with Gasteiger partial charge in [-0.1, -0.05) is 18.2 Å². The number of hydrogen-bond acceptors (Lipinski definition) is 5. The minimum Gasteiger partial charge on any atom is -0.438 e. The third kappa shape index (κ3) is 2.98. The molecule has 6 rings (SSSR count). The van der Waals surface area contributed by atoms with E-state index >= 15 is 0 Å². The van der Waals surface area contributed by atoms with Crippen LogP contribution in [0.4, 0.5) is 8.78 Å². The van der Waals surface area contributed by atoms with Crippen molar-refractivity contribution in [2.45, 2.75) is 17.9 Å². The first kappa shape index (κ1) is 19.5. The quantitative estimate of drug-likeness (QED) is 0.487. The van der Waals surface area contributed by atoms with Crippen molar-refractivity contribution in [1.82, 2.24) is 20.3 Å². The van der Waals surface area contributed by atoms with E-state index in [4.69, 9.17) is 4.74 Å². The molecule has 4 aromatic rings. The molecule has 1 amide bonds. The maximum atomic E-state index is 14.7. The van der Waals surface area contributed by atoms with Gasteiger partial charge in [0.25, 0.3) is 5.91 Å². The monoisotopic (exact) mass is 442 g/mol. The number of halogens is 2. The molecule has 1 N–H and O–H groups in total. The number of carbonyl (C=O) groups is 1. The zero-order valence-corrected chi connectivity index (χ0v) is 17.1. The highest BCUT2D eigenvalue weighted by Crippen LogP contribution is 2.54. The Hall–Kier alpha value is -4.20. The van der Waals surface area contributed by atoms with Crippen LogP contribution in [0.25, 0.3) is 22.3 Å². The summed E-state index contributed by atoms with van der Waals surface area (Å²) in [7, 11) is 0. The van der Waals surface area contributed by atoms with E-state index in [0.717, 1.165) is 16.7 Å². The summed E-state index contributed by atoms with van der Waals surface area (Å²) in [5, 5.41) is 2.59. The van der Waals surface area contributed by atoms with Crippen LogP contribution in [-0.2, 0) is 10.3 Å². The number of fused-ring (bicyclic) bond motifs is 4. The van der Waals surface area contributed by atoms with Crippen molar-refractivity contribution in [2.75, 3.05) is 0 Å². The van der Waals surface area contributed by atoms with Gasteiger partial charge in [0.1, 0.15) is 11.3 Å². The van der Waals surface area contributed by atoms with Crippen LogP contribution >= 0.6 is 0 Å². The molecule has 162 valence electrons. The Bertz CT molecular complexity index is 1310. The molecule has 3 aromatic heterocycles. The summed E-state index contributed by atoms with van der Waals surface area (Å²) in [6.45, 7) is 0. The SMILES string of the molecule is O=C1NC2(CC1(F)F)c1cc(-c3cccnc3)ccc1Oc1ncc(-c3cccnc3)cc12. The smallest absolute Gasteiger partial charge is 0.327 e. The second-order valence-corrected chi connectivity index (χ2v) is 8.11. The Balaban J connectivity index is 1.58. The third-order valence-corrected chi connectivity index (χ3v) is 6.09. The van der Waals surface area contributed by atoms with Crippen LogP contribution in [0.3, 0.4) is 0 Å². The molecule has 2 aliphatic rings. The van der Waals surface area contributed by atoms with Crippen molar-refractivity contribution >= 4 is 5.91 Å². The number of rotatable bonds is 2. The van der Waals surface area contributed by atoms with Crippen LogP contribution in [0.2, 0.25) is 0 Å². The second-order valence-electron chi connectivity index (χ2n) is 8.11. The van der Waals surface area contributed by atoms with Crippen molar-refractivity contribution in [2.24, 2.45) is 0 Å². The topological polar surface area (TPSA) is 77.0 Å². The van der Waals surface area contributed by atoms with Crippen LogP contribution < -0.4 is 10.1 Å². The first-order chi connectivity index (χ1) is 16.0. The average molecular weight is 442 g/mol. The molecule has 2 aliphatic heterocycles. The lowest BCUT2D eigenvalue weighted by atomic mass is 9.78. The van der Waals surface area contributed by atoms with Crippen molar-refractivity contribution in [1.29, 1.82) is 0 Å². The highest BCUT2D eigenvalue weighted by Gasteiger charge is 2.60. The summed E-state index contributed by atoms with van der Waals surface area (Å²) in [6, 6.07) is 14.4. The van der Waals surface area contributed by atoms with Gasteiger partial charge >= 0.3 is 5.92 Å². The lowest BCUT2D eigenvalue weighted by Gasteiger charge is -2.36. The van der Waals surface area contributed by atoms with Crippen LogP contribution in [0.1, 0.15) is 17.5 Å². The Morgan fingerprint density at radius 2 is 1.55 bits per heavy atom. The van der Waals surface area contributed by atoms with Crippen molar-refractivity contribution in [3.8, 4) is 33.9 Å². The summed E-state index contributed by atoms with van der Waals surface area (Å²) < 4.78 is 35.4. The number of carbonyl (C=O) groups excluding carboxylic acids is 1. The zero-order chi connectivity index (χ0) is 22.6. The number of hydrogen-bond donors (Lipinski definition) is 1. The third-order valence-electron chi connectivity index (χ3n) is 6.09. The van der Waals surface area contributed by atoms with E-state index in [1.165, 1.54) is 0 Å². The van der Waals surface area contributed by atoms with Gasteiger partial charge in [0.2, 0.25) is 5.88 Å². The second kappa shape index (κ2) is 6.90. The fourth-order valence-electron chi connectivity index (χ4n) is 4.51. The summed E-state index contributed by atoms with van der Waals surface area (Å²) in [5.74, 6) is -4.31.